The minimum atomic E-state index is 0.501. The van der Waals surface area contributed by atoms with E-state index < -0.39 is 0 Å². The van der Waals surface area contributed by atoms with Crippen molar-refractivity contribution in [1.82, 2.24) is 14.4 Å². The van der Waals surface area contributed by atoms with Crippen molar-refractivity contribution >= 4 is 32.7 Å². The monoisotopic (exact) mass is 264 g/mol. The van der Waals surface area contributed by atoms with Gasteiger partial charge >= 0.3 is 0 Å². The molecule has 3 rings (SSSR count). The Morgan fingerprint density at radius 1 is 1.47 bits per heavy atom. The Labute approximate surface area is 94.2 Å². The van der Waals surface area contributed by atoms with Gasteiger partial charge in [-0.15, -0.1) is 0 Å². The number of aromatic nitrogens is 3. The summed E-state index contributed by atoms with van der Waals surface area (Å²) in [6, 6.07) is 6.04. The number of hydrogen-bond donors (Lipinski definition) is 2. The van der Waals surface area contributed by atoms with Crippen molar-refractivity contribution in [2.24, 2.45) is 5.73 Å². The van der Waals surface area contributed by atoms with Gasteiger partial charge in [-0.1, -0.05) is 15.9 Å². The number of nitrogens with zero attached hydrogens (tertiary/aromatic N) is 2. The Balaban J connectivity index is 2.40. The lowest BCUT2D eigenvalue weighted by Gasteiger charge is -1.91. The highest BCUT2D eigenvalue weighted by Gasteiger charge is 2.06. The van der Waals surface area contributed by atoms with Crippen LogP contribution >= 0.6 is 15.9 Å². The molecule has 76 valence electrons. The topological polar surface area (TPSA) is 59.1 Å². The van der Waals surface area contributed by atoms with E-state index >= 15 is 0 Å². The molecule has 0 radical (unpaired) electrons. The zero-order chi connectivity index (χ0) is 10.4. The number of fused-ring (bicyclic) bond motifs is 3. The van der Waals surface area contributed by atoms with E-state index in [1.165, 1.54) is 0 Å². The fraction of sp³-hybridized carbons (Fsp3) is 0.100. The van der Waals surface area contributed by atoms with Crippen molar-refractivity contribution in [1.29, 1.82) is 0 Å². The summed E-state index contributed by atoms with van der Waals surface area (Å²) in [6.07, 6.45) is 1.98. The summed E-state index contributed by atoms with van der Waals surface area (Å²) in [7, 11) is 0. The van der Waals surface area contributed by atoms with Gasteiger partial charge in [-0.25, -0.2) is 4.98 Å². The summed E-state index contributed by atoms with van der Waals surface area (Å²) in [5, 5.41) is 0. The van der Waals surface area contributed by atoms with Crippen molar-refractivity contribution in [2.75, 3.05) is 0 Å². The van der Waals surface area contributed by atoms with Gasteiger partial charge in [0.05, 0.1) is 11.0 Å². The molecule has 5 heteroatoms. The molecular formula is C10H9BrN4. The van der Waals surface area contributed by atoms with Crippen molar-refractivity contribution in [3.05, 3.63) is 34.6 Å². The molecule has 3 N–H and O–H groups in total. The first-order chi connectivity index (χ1) is 7.28. The van der Waals surface area contributed by atoms with Crippen LogP contribution in [0.4, 0.5) is 0 Å². The van der Waals surface area contributed by atoms with Crippen molar-refractivity contribution in [2.45, 2.75) is 6.54 Å². The summed E-state index contributed by atoms with van der Waals surface area (Å²) < 4.78 is 3.05. The molecular weight excluding hydrogens is 256 g/mol. The first-order valence-corrected chi connectivity index (χ1v) is 5.42. The number of benzene rings is 1. The lowest BCUT2D eigenvalue weighted by molar-refractivity contribution is 1.01. The second kappa shape index (κ2) is 3.08. The molecule has 0 aliphatic heterocycles. The highest BCUT2D eigenvalue weighted by atomic mass is 79.9. The molecule has 0 amide bonds. The van der Waals surface area contributed by atoms with Gasteiger partial charge in [0.2, 0.25) is 5.78 Å². The minimum Gasteiger partial charge on any atom is -0.326 e. The lowest BCUT2D eigenvalue weighted by Crippen LogP contribution is -1.95. The van der Waals surface area contributed by atoms with Gasteiger partial charge in [-0.05, 0) is 18.2 Å². The zero-order valence-corrected chi connectivity index (χ0v) is 9.45. The quantitative estimate of drug-likeness (QED) is 0.707. The lowest BCUT2D eigenvalue weighted by atomic mass is 10.3. The predicted molar refractivity (Wildman–Crippen MR) is 62.6 cm³/mol. The number of halogens is 1. The van der Waals surface area contributed by atoms with Crippen LogP contribution in [-0.2, 0) is 6.54 Å². The number of nitrogens with one attached hydrogen (secondary N) is 1. The van der Waals surface area contributed by atoms with Crippen LogP contribution in [-0.4, -0.2) is 14.4 Å². The number of imidazole rings is 2. The van der Waals surface area contributed by atoms with E-state index in [0.29, 0.717) is 6.54 Å². The SMILES string of the molecule is NCc1cn2c(nc3cc(Br)ccc32)[nH]1. The van der Waals surface area contributed by atoms with Crippen LogP contribution in [0.2, 0.25) is 0 Å². The summed E-state index contributed by atoms with van der Waals surface area (Å²) in [6.45, 7) is 0.501. The first kappa shape index (κ1) is 8.94. The third-order valence-electron chi connectivity index (χ3n) is 2.43. The fourth-order valence-corrected chi connectivity index (χ4v) is 2.08. The Morgan fingerprint density at radius 2 is 2.33 bits per heavy atom. The average molecular weight is 265 g/mol. The summed E-state index contributed by atoms with van der Waals surface area (Å²) in [5.41, 5.74) is 8.61. The number of hydrogen-bond acceptors (Lipinski definition) is 2. The van der Waals surface area contributed by atoms with Gasteiger partial charge in [0.25, 0.3) is 0 Å². The Bertz CT molecular complexity index is 637. The van der Waals surface area contributed by atoms with Crippen LogP contribution in [0.3, 0.4) is 0 Å². The molecule has 0 bridgehead atoms. The van der Waals surface area contributed by atoms with Gasteiger partial charge in [-0.3, -0.25) is 4.40 Å². The Hall–Kier alpha value is -1.33. The smallest absolute Gasteiger partial charge is 0.212 e. The first-order valence-electron chi connectivity index (χ1n) is 4.63. The highest BCUT2D eigenvalue weighted by Crippen LogP contribution is 2.20. The van der Waals surface area contributed by atoms with Crippen molar-refractivity contribution in [3.8, 4) is 0 Å². The number of aromatic amines is 1. The van der Waals surface area contributed by atoms with Crippen LogP contribution in [0, 0.1) is 0 Å². The molecule has 15 heavy (non-hydrogen) atoms. The van der Waals surface area contributed by atoms with Crippen molar-refractivity contribution in [3.63, 3.8) is 0 Å². The molecule has 0 saturated carbocycles. The number of H-pyrrole nitrogens is 1. The van der Waals surface area contributed by atoms with E-state index in [2.05, 4.69) is 25.9 Å². The highest BCUT2D eigenvalue weighted by molar-refractivity contribution is 9.10. The molecule has 0 atom stereocenters. The van der Waals surface area contributed by atoms with Crippen LogP contribution in [0.5, 0.6) is 0 Å². The Kier molecular flexibility index (Phi) is 1.83. The molecule has 3 aromatic rings. The molecule has 0 spiro atoms. The molecule has 2 aromatic heterocycles. The summed E-state index contributed by atoms with van der Waals surface area (Å²) >= 11 is 3.43. The number of rotatable bonds is 1. The second-order valence-corrected chi connectivity index (χ2v) is 4.34. The van der Waals surface area contributed by atoms with E-state index in [1.807, 2.05) is 28.8 Å². The molecule has 0 unspecified atom stereocenters. The minimum absolute atomic E-state index is 0.501. The number of nitrogens with two attached hydrogens (primary N) is 1. The Morgan fingerprint density at radius 3 is 3.13 bits per heavy atom. The average Bonchev–Trinajstić information content (AvgIpc) is 2.73. The molecule has 0 saturated heterocycles. The molecule has 0 aliphatic carbocycles. The maximum atomic E-state index is 5.56. The van der Waals surface area contributed by atoms with E-state index in [0.717, 1.165) is 27.0 Å². The van der Waals surface area contributed by atoms with Crippen LogP contribution < -0.4 is 5.73 Å². The zero-order valence-electron chi connectivity index (χ0n) is 7.87. The van der Waals surface area contributed by atoms with Gasteiger partial charge in [0.15, 0.2) is 0 Å². The van der Waals surface area contributed by atoms with Crippen LogP contribution in [0.1, 0.15) is 5.69 Å². The standard InChI is InChI=1S/C10H9BrN4/c11-6-1-2-9-8(3-6)14-10-13-7(4-12)5-15(9)10/h1-3,5H,4,12H2,(H,13,14). The van der Waals surface area contributed by atoms with Gasteiger partial charge in [0, 0.05) is 22.9 Å². The maximum absolute atomic E-state index is 5.56. The van der Waals surface area contributed by atoms with Crippen LogP contribution in [0.25, 0.3) is 16.8 Å². The summed E-state index contributed by atoms with van der Waals surface area (Å²) in [4.78, 5) is 7.63. The van der Waals surface area contributed by atoms with E-state index in [-0.39, 0.29) is 0 Å². The van der Waals surface area contributed by atoms with Crippen molar-refractivity contribution < 1.29 is 0 Å². The maximum Gasteiger partial charge on any atom is 0.212 e. The molecule has 0 fully saturated rings. The van der Waals surface area contributed by atoms with Gasteiger partial charge in [0.1, 0.15) is 0 Å². The molecule has 0 aliphatic rings. The second-order valence-electron chi connectivity index (χ2n) is 3.42. The summed E-state index contributed by atoms with van der Waals surface area (Å²) in [5.74, 6) is 0.837. The fourth-order valence-electron chi connectivity index (χ4n) is 1.73. The third-order valence-corrected chi connectivity index (χ3v) is 2.92. The molecule has 2 heterocycles. The van der Waals surface area contributed by atoms with E-state index in [9.17, 15) is 0 Å². The largest absolute Gasteiger partial charge is 0.326 e. The normalized spacial score (nSPS) is 11.6. The van der Waals surface area contributed by atoms with Gasteiger partial charge < -0.3 is 10.7 Å². The predicted octanol–water partition coefficient (Wildman–Crippen LogP) is 2.04. The van der Waals surface area contributed by atoms with E-state index in [4.69, 9.17) is 5.73 Å². The third kappa shape index (κ3) is 1.27. The van der Waals surface area contributed by atoms with Crippen LogP contribution in [0.15, 0.2) is 28.9 Å². The molecule has 1 aromatic carbocycles. The molecule has 4 nitrogen and oxygen atoms in total. The van der Waals surface area contributed by atoms with E-state index in [1.54, 1.807) is 0 Å². The van der Waals surface area contributed by atoms with Gasteiger partial charge in [-0.2, -0.15) is 0 Å².